The molecule has 6 heterocycles. The lowest BCUT2D eigenvalue weighted by molar-refractivity contribution is -0.136. The molecule has 2 spiro atoms. The van der Waals surface area contributed by atoms with Crippen LogP contribution in [0.15, 0.2) is 53.5 Å². The van der Waals surface area contributed by atoms with E-state index in [9.17, 15) is 24.0 Å². The fourth-order valence-corrected chi connectivity index (χ4v) is 12.9. The third-order valence-electron chi connectivity index (χ3n) is 16.2. The standard InChI is InChI=1S/C49H58Cl2FN9O5/c1-47(2)15-17-48(18-16-47)49(33-10-7-30(50)25-34(33)55-45(49)65)39(32-14-19-53-42(51)40(32)52)41(57-48)44(64)54-31-8-4-28(5-9-31)26-59-20-22-60(23-21-59)27-29-6-11-35-37(24-29)58(3)46(66)61(35)36-12-13-38(62)56-43(36)63/h6-7,10-11,14,19,24-25,28,31,36,39,41,57H,4-5,8-9,12-13,15-18,20-23,26-27H2,1-3H3,(H,54,64)(H,55,65)(H,56,62,63)/t28?,31?,36?,39-,41+,49+/m0/s1. The molecule has 4 amide bonds. The Labute approximate surface area is 393 Å². The summed E-state index contributed by atoms with van der Waals surface area (Å²) in [6, 6.07) is 11.2. The summed E-state index contributed by atoms with van der Waals surface area (Å²) < 4.78 is 19.5. The third kappa shape index (κ3) is 7.66. The molecule has 2 aromatic carbocycles. The highest BCUT2D eigenvalue weighted by Crippen LogP contribution is 2.64. The summed E-state index contributed by atoms with van der Waals surface area (Å²) in [5, 5.41) is 12.8. The van der Waals surface area contributed by atoms with Gasteiger partial charge >= 0.3 is 5.69 Å². The largest absolute Gasteiger partial charge is 0.352 e. The Bertz CT molecular complexity index is 2680. The smallest absolute Gasteiger partial charge is 0.329 e. The molecule has 5 fully saturated rings. The topological polar surface area (TPSA) is 163 Å². The van der Waals surface area contributed by atoms with E-state index in [0.29, 0.717) is 47.0 Å². The Morgan fingerprint density at radius 3 is 2.33 bits per heavy atom. The van der Waals surface area contributed by atoms with Gasteiger partial charge in [-0.15, -0.1) is 0 Å². The Morgan fingerprint density at radius 1 is 0.879 bits per heavy atom. The van der Waals surface area contributed by atoms with Gasteiger partial charge in [-0.1, -0.05) is 49.2 Å². The molecule has 3 saturated heterocycles. The maximum Gasteiger partial charge on any atom is 0.329 e. The first-order chi connectivity index (χ1) is 31.6. The summed E-state index contributed by atoms with van der Waals surface area (Å²) in [4.78, 5) is 76.3. The van der Waals surface area contributed by atoms with Crippen LogP contribution in [0.4, 0.5) is 10.1 Å². The van der Waals surface area contributed by atoms with E-state index in [0.717, 1.165) is 88.9 Å². The highest BCUT2D eigenvalue weighted by molar-refractivity contribution is 6.31. The van der Waals surface area contributed by atoms with Gasteiger partial charge in [-0.25, -0.2) is 14.2 Å². The average molecular weight is 943 g/mol. The normalized spacial score (nSPS) is 28.8. The zero-order chi connectivity index (χ0) is 46.3. The average Bonchev–Trinajstić information content (AvgIpc) is 3.84. The lowest BCUT2D eigenvalue weighted by Crippen LogP contribution is -2.61. The van der Waals surface area contributed by atoms with Crippen LogP contribution in [0.1, 0.15) is 107 Å². The molecule has 350 valence electrons. The summed E-state index contributed by atoms with van der Waals surface area (Å²) in [5.41, 5.74) is 1.63. The molecule has 4 N–H and O–H groups in total. The number of aromatic nitrogens is 3. The van der Waals surface area contributed by atoms with E-state index < -0.39 is 40.7 Å². The van der Waals surface area contributed by atoms with E-state index in [1.807, 2.05) is 24.3 Å². The van der Waals surface area contributed by atoms with E-state index in [1.165, 1.54) is 10.8 Å². The molecule has 6 aliphatic rings. The van der Waals surface area contributed by atoms with Crippen LogP contribution in [-0.4, -0.2) is 97.9 Å². The predicted octanol–water partition coefficient (Wildman–Crippen LogP) is 5.94. The minimum atomic E-state index is -1.32. The van der Waals surface area contributed by atoms with Gasteiger partial charge in [0.1, 0.15) is 11.5 Å². The van der Waals surface area contributed by atoms with E-state index in [1.54, 1.807) is 29.8 Å². The molecule has 4 atom stereocenters. The minimum Gasteiger partial charge on any atom is -0.352 e. The van der Waals surface area contributed by atoms with Crippen LogP contribution >= 0.6 is 23.2 Å². The Hall–Kier alpha value is -4.67. The number of imide groups is 1. The number of carbonyl (C=O) groups is 4. The molecule has 17 heteroatoms. The van der Waals surface area contributed by atoms with Crippen LogP contribution in [0.5, 0.6) is 0 Å². The van der Waals surface area contributed by atoms with Gasteiger partial charge in [0.05, 0.1) is 17.1 Å². The first-order valence-corrected chi connectivity index (χ1v) is 24.3. The highest BCUT2D eigenvalue weighted by atomic mass is 35.5. The van der Waals surface area contributed by atoms with Crippen molar-refractivity contribution in [2.24, 2.45) is 18.4 Å². The number of nitrogens with one attached hydrogen (secondary N) is 4. The number of hydrogen-bond donors (Lipinski definition) is 4. The van der Waals surface area contributed by atoms with Crippen LogP contribution in [0.2, 0.25) is 10.2 Å². The number of anilines is 1. The van der Waals surface area contributed by atoms with Crippen LogP contribution in [-0.2, 0) is 38.2 Å². The number of hydrogen-bond acceptors (Lipinski definition) is 9. The number of amides is 4. The second-order valence-electron chi connectivity index (χ2n) is 20.6. The maximum atomic E-state index is 16.4. The Kier molecular flexibility index (Phi) is 11.7. The molecule has 2 aliphatic carbocycles. The maximum absolute atomic E-state index is 16.4. The van der Waals surface area contributed by atoms with Crippen molar-refractivity contribution in [2.75, 3.05) is 38.0 Å². The number of nitrogens with zero attached hydrogens (tertiary/aromatic N) is 5. The quantitative estimate of drug-likeness (QED) is 0.124. The van der Waals surface area contributed by atoms with Crippen LogP contribution in [0.3, 0.4) is 0 Å². The van der Waals surface area contributed by atoms with E-state index in [4.69, 9.17) is 23.2 Å². The molecule has 4 aromatic rings. The molecule has 2 saturated carbocycles. The van der Waals surface area contributed by atoms with E-state index in [2.05, 4.69) is 49.9 Å². The van der Waals surface area contributed by atoms with Crippen molar-refractivity contribution in [3.8, 4) is 0 Å². The molecule has 4 aliphatic heterocycles. The van der Waals surface area contributed by atoms with Crippen LogP contribution in [0, 0.1) is 17.2 Å². The molecule has 0 radical (unpaired) electrons. The van der Waals surface area contributed by atoms with Gasteiger partial charge < -0.3 is 15.5 Å². The summed E-state index contributed by atoms with van der Waals surface area (Å²) in [5.74, 6) is -2.40. The summed E-state index contributed by atoms with van der Waals surface area (Å²) in [7, 11) is 1.72. The number of rotatable bonds is 8. The Balaban J connectivity index is 0.788. The lowest BCUT2D eigenvalue weighted by Gasteiger charge is -2.50. The van der Waals surface area contributed by atoms with Gasteiger partial charge in [-0.3, -0.25) is 43.8 Å². The fraction of sp³-hybridized carbons (Fsp3) is 0.551. The molecule has 10 rings (SSSR count). The number of halogens is 3. The van der Waals surface area contributed by atoms with Crippen molar-refractivity contribution in [1.29, 1.82) is 0 Å². The van der Waals surface area contributed by atoms with Gasteiger partial charge in [-0.05, 0) is 116 Å². The number of imidazole rings is 1. The van der Waals surface area contributed by atoms with Crippen molar-refractivity contribution >= 4 is 63.6 Å². The molecule has 14 nitrogen and oxygen atoms in total. The second-order valence-corrected chi connectivity index (χ2v) is 21.4. The zero-order valence-corrected chi connectivity index (χ0v) is 39.2. The molecule has 66 heavy (non-hydrogen) atoms. The molecular weight excluding hydrogens is 885 g/mol. The number of benzene rings is 2. The first-order valence-electron chi connectivity index (χ1n) is 23.6. The van der Waals surface area contributed by atoms with Gasteiger partial charge in [0.15, 0.2) is 11.0 Å². The minimum absolute atomic E-state index is 0.0374. The number of fused-ring (bicyclic) bond motifs is 4. The number of piperazine rings is 1. The lowest BCUT2D eigenvalue weighted by atomic mass is 9.53. The first kappa shape index (κ1) is 45.1. The van der Waals surface area contributed by atoms with Gasteiger partial charge in [0.25, 0.3) is 0 Å². The monoisotopic (exact) mass is 941 g/mol. The zero-order valence-electron chi connectivity index (χ0n) is 37.7. The number of pyridine rings is 1. The SMILES string of the molecule is Cn1c(=O)n(C2CCC(=O)NC2=O)c2ccc(CN3CCN(CC4CCC(NC(=O)[C@@H]5NC6(CCC(C)(C)CC6)[C@@]6(C(=O)Nc7cc(Cl)ccc76)[C@H]5c5ccnc(Cl)c5F)CC4)CC3)cc21. The highest BCUT2D eigenvalue weighted by Gasteiger charge is 2.73. The summed E-state index contributed by atoms with van der Waals surface area (Å²) in [6.07, 6.45) is 8.43. The number of carbonyl (C=O) groups excluding carboxylic acids is 4. The third-order valence-corrected chi connectivity index (χ3v) is 16.7. The van der Waals surface area contributed by atoms with E-state index in [-0.39, 0.29) is 52.0 Å². The fourth-order valence-electron chi connectivity index (χ4n) is 12.6. The van der Waals surface area contributed by atoms with Gasteiger partial charge in [0.2, 0.25) is 23.6 Å². The summed E-state index contributed by atoms with van der Waals surface area (Å²) in [6.45, 7) is 9.90. The second kappa shape index (κ2) is 17.1. The van der Waals surface area contributed by atoms with Crippen LogP contribution < -0.4 is 27.0 Å². The van der Waals surface area contributed by atoms with Gasteiger partial charge in [0, 0.05) is 87.1 Å². The number of piperidine rings is 1. The molecule has 2 aromatic heterocycles. The molecule has 0 bridgehead atoms. The van der Waals surface area contributed by atoms with Crippen molar-refractivity contribution < 1.29 is 23.6 Å². The van der Waals surface area contributed by atoms with E-state index >= 15 is 4.39 Å². The van der Waals surface area contributed by atoms with Crippen molar-refractivity contribution in [3.63, 3.8) is 0 Å². The predicted molar refractivity (Wildman–Crippen MR) is 250 cm³/mol. The van der Waals surface area contributed by atoms with Crippen molar-refractivity contribution in [2.45, 2.75) is 120 Å². The van der Waals surface area contributed by atoms with Crippen LogP contribution in [0.25, 0.3) is 11.0 Å². The number of aryl methyl sites for hydroxylation is 1. The Morgan fingerprint density at radius 2 is 1.61 bits per heavy atom. The van der Waals surface area contributed by atoms with Gasteiger partial charge in [-0.2, -0.15) is 0 Å². The summed E-state index contributed by atoms with van der Waals surface area (Å²) >= 11 is 12.8. The molecule has 1 unspecified atom stereocenters. The molecular formula is C49H58Cl2FN9O5. The van der Waals surface area contributed by atoms with Crippen molar-refractivity contribution in [3.05, 3.63) is 91.8 Å². The van der Waals surface area contributed by atoms with Crippen molar-refractivity contribution in [1.82, 2.24) is 39.9 Å².